The SMILES string of the molecule is Cc1noc(C)c1Cc1nnnn1Cc1ccc(CN)cc1. The molecule has 7 nitrogen and oxygen atoms in total. The Hall–Kier alpha value is -2.54. The molecule has 0 bridgehead atoms. The van der Waals surface area contributed by atoms with Crippen molar-refractivity contribution < 1.29 is 4.52 Å². The number of hydrogen-bond acceptors (Lipinski definition) is 6. The largest absolute Gasteiger partial charge is 0.361 e. The van der Waals surface area contributed by atoms with E-state index in [2.05, 4.69) is 20.7 Å². The maximum absolute atomic E-state index is 5.61. The van der Waals surface area contributed by atoms with Crippen LogP contribution in [0.1, 0.15) is 34.0 Å². The van der Waals surface area contributed by atoms with E-state index in [1.807, 2.05) is 38.1 Å². The normalized spacial score (nSPS) is 11.0. The summed E-state index contributed by atoms with van der Waals surface area (Å²) in [6.45, 7) is 4.99. The van der Waals surface area contributed by atoms with Crippen LogP contribution in [0.5, 0.6) is 0 Å². The summed E-state index contributed by atoms with van der Waals surface area (Å²) >= 11 is 0. The Kier molecular flexibility index (Phi) is 3.97. The van der Waals surface area contributed by atoms with Crippen molar-refractivity contribution in [2.24, 2.45) is 5.73 Å². The summed E-state index contributed by atoms with van der Waals surface area (Å²) in [6.07, 6.45) is 0.606. The first kappa shape index (κ1) is 14.4. The molecule has 0 atom stereocenters. The number of aryl methyl sites for hydroxylation is 2. The Bertz CT molecular complexity index is 739. The molecule has 2 N–H and O–H groups in total. The van der Waals surface area contributed by atoms with Crippen LogP contribution in [-0.4, -0.2) is 25.4 Å². The number of tetrazole rings is 1. The standard InChI is InChI=1S/C15H18N6O/c1-10-14(11(2)22-18-10)7-15-17-19-20-21(15)9-13-5-3-12(8-16)4-6-13/h3-6H,7-9,16H2,1-2H3. The molecule has 0 saturated heterocycles. The number of rotatable bonds is 5. The molecule has 114 valence electrons. The number of benzene rings is 1. The topological polar surface area (TPSA) is 95.6 Å². The quantitative estimate of drug-likeness (QED) is 0.764. The van der Waals surface area contributed by atoms with Gasteiger partial charge in [-0.05, 0) is 35.4 Å². The molecule has 7 heteroatoms. The van der Waals surface area contributed by atoms with Crippen molar-refractivity contribution in [3.8, 4) is 0 Å². The highest BCUT2D eigenvalue weighted by Gasteiger charge is 2.14. The van der Waals surface area contributed by atoms with Gasteiger partial charge in [0.2, 0.25) is 0 Å². The third kappa shape index (κ3) is 2.89. The van der Waals surface area contributed by atoms with Crippen molar-refractivity contribution in [1.29, 1.82) is 0 Å². The van der Waals surface area contributed by atoms with Crippen molar-refractivity contribution in [3.05, 3.63) is 58.2 Å². The predicted molar refractivity (Wildman–Crippen MR) is 80.0 cm³/mol. The third-order valence-electron chi connectivity index (χ3n) is 3.71. The van der Waals surface area contributed by atoms with E-state index in [1.165, 1.54) is 0 Å². The zero-order chi connectivity index (χ0) is 15.5. The van der Waals surface area contributed by atoms with Crippen molar-refractivity contribution in [1.82, 2.24) is 25.4 Å². The van der Waals surface area contributed by atoms with E-state index < -0.39 is 0 Å². The average molecular weight is 298 g/mol. The molecule has 0 aliphatic carbocycles. The molecular formula is C15H18N6O. The van der Waals surface area contributed by atoms with Crippen LogP contribution < -0.4 is 5.73 Å². The lowest BCUT2D eigenvalue weighted by Crippen LogP contribution is -2.08. The van der Waals surface area contributed by atoms with Crippen LogP contribution in [0.15, 0.2) is 28.8 Å². The number of hydrogen-bond donors (Lipinski definition) is 1. The van der Waals surface area contributed by atoms with E-state index in [1.54, 1.807) is 4.68 Å². The van der Waals surface area contributed by atoms with Gasteiger partial charge in [-0.25, -0.2) is 4.68 Å². The fraction of sp³-hybridized carbons (Fsp3) is 0.333. The van der Waals surface area contributed by atoms with Gasteiger partial charge in [-0.15, -0.1) is 5.10 Å². The summed E-state index contributed by atoms with van der Waals surface area (Å²) in [5, 5.41) is 15.9. The maximum atomic E-state index is 5.61. The smallest absolute Gasteiger partial charge is 0.156 e. The summed E-state index contributed by atoms with van der Waals surface area (Å²) in [6, 6.07) is 8.13. The zero-order valence-corrected chi connectivity index (χ0v) is 12.7. The molecule has 0 unspecified atom stereocenters. The van der Waals surface area contributed by atoms with E-state index in [4.69, 9.17) is 10.3 Å². The van der Waals surface area contributed by atoms with Gasteiger partial charge in [0.05, 0.1) is 12.2 Å². The van der Waals surface area contributed by atoms with Crippen LogP contribution >= 0.6 is 0 Å². The van der Waals surface area contributed by atoms with Gasteiger partial charge < -0.3 is 10.3 Å². The zero-order valence-electron chi connectivity index (χ0n) is 12.7. The number of nitrogens with zero attached hydrogens (tertiary/aromatic N) is 5. The molecule has 0 radical (unpaired) electrons. The molecule has 0 aliphatic rings. The first-order valence-corrected chi connectivity index (χ1v) is 7.12. The molecule has 1 aromatic carbocycles. The molecule has 0 fully saturated rings. The molecule has 3 aromatic rings. The van der Waals surface area contributed by atoms with Crippen LogP contribution in [0.4, 0.5) is 0 Å². The first-order chi connectivity index (χ1) is 10.7. The van der Waals surface area contributed by atoms with Crippen LogP contribution in [0.2, 0.25) is 0 Å². The Morgan fingerprint density at radius 1 is 1.14 bits per heavy atom. The average Bonchev–Trinajstić information content (AvgIpc) is 3.10. The Morgan fingerprint density at radius 3 is 2.50 bits per heavy atom. The van der Waals surface area contributed by atoms with Gasteiger partial charge in [0, 0.05) is 18.5 Å². The minimum atomic E-state index is 0.544. The van der Waals surface area contributed by atoms with Gasteiger partial charge in [0.1, 0.15) is 5.76 Å². The molecule has 2 aromatic heterocycles. The Labute approximate surface area is 128 Å². The van der Waals surface area contributed by atoms with E-state index in [-0.39, 0.29) is 0 Å². The summed E-state index contributed by atoms with van der Waals surface area (Å²) < 4.78 is 6.98. The number of aromatic nitrogens is 5. The molecule has 0 amide bonds. The monoisotopic (exact) mass is 298 g/mol. The minimum Gasteiger partial charge on any atom is -0.361 e. The fourth-order valence-corrected chi connectivity index (χ4v) is 2.34. The Morgan fingerprint density at radius 2 is 1.86 bits per heavy atom. The van der Waals surface area contributed by atoms with Gasteiger partial charge in [-0.2, -0.15) is 0 Å². The first-order valence-electron chi connectivity index (χ1n) is 7.12. The second kappa shape index (κ2) is 6.07. The highest BCUT2D eigenvalue weighted by atomic mass is 16.5. The van der Waals surface area contributed by atoms with Crippen LogP contribution in [-0.2, 0) is 19.5 Å². The maximum Gasteiger partial charge on any atom is 0.156 e. The summed E-state index contributed by atoms with van der Waals surface area (Å²) in [4.78, 5) is 0. The molecule has 2 heterocycles. The van der Waals surface area contributed by atoms with Gasteiger partial charge in [-0.1, -0.05) is 29.4 Å². The highest BCUT2D eigenvalue weighted by molar-refractivity contribution is 5.25. The summed E-state index contributed by atoms with van der Waals surface area (Å²) in [7, 11) is 0. The second-order valence-corrected chi connectivity index (χ2v) is 5.25. The lowest BCUT2D eigenvalue weighted by atomic mass is 10.1. The predicted octanol–water partition coefficient (Wildman–Crippen LogP) is 1.38. The van der Waals surface area contributed by atoms with Crippen LogP contribution in [0.25, 0.3) is 0 Å². The number of nitrogens with two attached hydrogens (primary N) is 1. The summed E-state index contributed by atoms with van der Waals surface area (Å²) in [5.41, 5.74) is 9.76. The summed E-state index contributed by atoms with van der Waals surface area (Å²) in [5.74, 6) is 1.59. The molecule has 0 spiro atoms. The molecule has 3 rings (SSSR count). The van der Waals surface area contributed by atoms with Crippen molar-refractivity contribution in [2.75, 3.05) is 0 Å². The van der Waals surface area contributed by atoms with Crippen LogP contribution in [0.3, 0.4) is 0 Å². The van der Waals surface area contributed by atoms with Gasteiger partial charge in [-0.3, -0.25) is 0 Å². The van der Waals surface area contributed by atoms with Crippen molar-refractivity contribution in [2.45, 2.75) is 33.4 Å². The fourth-order valence-electron chi connectivity index (χ4n) is 2.34. The van der Waals surface area contributed by atoms with E-state index in [9.17, 15) is 0 Å². The lowest BCUT2D eigenvalue weighted by molar-refractivity contribution is 0.392. The van der Waals surface area contributed by atoms with Crippen molar-refractivity contribution in [3.63, 3.8) is 0 Å². The van der Waals surface area contributed by atoms with Gasteiger partial charge in [0.25, 0.3) is 0 Å². The Balaban J connectivity index is 1.79. The van der Waals surface area contributed by atoms with E-state index in [0.29, 0.717) is 19.5 Å². The molecule has 0 saturated carbocycles. The van der Waals surface area contributed by atoms with Crippen molar-refractivity contribution >= 4 is 0 Å². The van der Waals surface area contributed by atoms with Gasteiger partial charge in [0.15, 0.2) is 5.82 Å². The van der Waals surface area contributed by atoms with Crippen LogP contribution in [0, 0.1) is 13.8 Å². The highest BCUT2D eigenvalue weighted by Crippen LogP contribution is 2.16. The third-order valence-corrected chi connectivity index (χ3v) is 3.71. The van der Waals surface area contributed by atoms with E-state index >= 15 is 0 Å². The second-order valence-electron chi connectivity index (χ2n) is 5.25. The molecule has 0 aliphatic heterocycles. The van der Waals surface area contributed by atoms with Gasteiger partial charge >= 0.3 is 0 Å². The minimum absolute atomic E-state index is 0.544. The van der Waals surface area contributed by atoms with E-state index in [0.717, 1.165) is 34.0 Å². The molecule has 22 heavy (non-hydrogen) atoms. The molecular weight excluding hydrogens is 280 g/mol. The lowest BCUT2D eigenvalue weighted by Gasteiger charge is -2.05.